The van der Waals surface area contributed by atoms with Gasteiger partial charge in [-0.15, -0.1) is 0 Å². The van der Waals surface area contributed by atoms with Crippen molar-refractivity contribution in [2.24, 2.45) is 0 Å². The lowest BCUT2D eigenvalue weighted by atomic mass is 10.1. The van der Waals surface area contributed by atoms with E-state index in [0.717, 1.165) is 22.4 Å². The quantitative estimate of drug-likeness (QED) is 0.369. The number of hydrogen-bond donors (Lipinski definition) is 4. The van der Waals surface area contributed by atoms with Crippen LogP contribution < -0.4 is 16.0 Å². The fourth-order valence-corrected chi connectivity index (χ4v) is 3.06. The summed E-state index contributed by atoms with van der Waals surface area (Å²) in [5, 5.41) is 16.9. The van der Waals surface area contributed by atoms with Crippen LogP contribution in [0.1, 0.15) is 23.1 Å². The van der Waals surface area contributed by atoms with Gasteiger partial charge in [0.1, 0.15) is 6.61 Å². The van der Waals surface area contributed by atoms with Crippen molar-refractivity contribution < 1.29 is 24.2 Å². The molecule has 0 bridgehead atoms. The second kappa shape index (κ2) is 11.3. The number of para-hydroxylation sites is 1. The number of aryl methyl sites for hydroxylation is 2. The molecule has 3 rings (SSSR count). The predicted molar refractivity (Wildman–Crippen MR) is 126 cm³/mol. The lowest BCUT2D eigenvalue weighted by molar-refractivity contribution is -0.136. The number of anilines is 3. The van der Waals surface area contributed by atoms with Crippen LogP contribution in [0.4, 0.5) is 26.7 Å². The molecule has 0 spiro atoms. The summed E-state index contributed by atoms with van der Waals surface area (Å²) in [6.07, 6.45) is -0.161. The average Bonchev–Trinajstić information content (AvgIpc) is 2.79. The van der Waals surface area contributed by atoms with Gasteiger partial charge in [-0.3, -0.25) is 10.1 Å². The van der Waals surface area contributed by atoms with Gasteiger partial charge in [-0.05, 0) is 60.4 Å². The molecule has 3 aromatic rings. The maximum absolute atomic E-state index is 12.2. The van der Waals surface area contributed by atoms with Gasteiger partial charge in [-0.2, -0.15) is 0 Å². The first-order valence-corrected chi connectivity index (χ1v) is 10.4. The maximum Gasteiger partial charge on any atom is 0.411 e. The third-order valence-corrected chi connectivity index (χ3v) is 4.77. The summed E-state index contributed by atoms with van der Waals surface area (Å²) in [6.45, 7) is 1.97. The Balaban J connectivity index is 1.46. The van der Waals surface area contributed by atoms with Crippen LogP contribution in [-0.4, -0.2) is 23.2 Å². The normalized spacial score (nSPS) is 10.2. The van der Waals surface area contributed by atoms with Crippen molar-refractivity contribution in [3.05, 3.63) is 89.5 Å². The Kier molecular flexibility index (Phi) is 8.02. The number of hydrogen-bond acceptors (Lipinski definition) is 4. The van der Waals surface area contributed by atoms with Crippen molar-refractivity contribution in [3.8, 4) is 0 Å². The van der Waals surface area contributed by atoms with E-state index in [4.69, 9.17) is 9.84 Å². The average molecular weight is 447 g/mol. The Labute approximate surface area is 191 Å². The molecule has 0 unspecified atom stereocenters. The van der Waals surface area contributed by atoms with Crippen LogP contribution in [0.5, 0.6) is 0 Å². The van der Waals surface area contributed by atoms with E-state index in [9.17, 15) is 14.4 Å². The molecule has 0 aliphatic heterocycles. The van der Waals surface area contributed by atoms with Crippen molar-refractivity contribution >= 4 is 35.2 Å². The zero-order chi connectivity index (χ0) is 23.6. The number of carbonyl (C=O) groups excluding carboxylic acids is 2. The van der Waals surface area contributed by atoms with Gasteiger partial charge in [0, 0.05) is 23.5 Å². The summed E-state index contributed by atoms with van der Waals surface area (Å²) >= 11 is 0. The zero-order valence-corrected chi connectivity index (χ0v) is 18.1. The second-order valence-electron chi connectivity index (χ2n) is 7.39. The van der Waals surface area contributed by atoms with E-state index in [2.05, 4.69) is 16.0 Å². The highest BCUT2D eigenvalue weighted by Crippen LogP contribution is 2.17. The molecule has 0 aliphatic rings. The molecule has 0 atom stereocenters. The maximum atomic E-state index is 12.2. The number of carboxylic acid groups (broad SMARTS) is 1. The number of carboxylic acids is 1. The van der Waals surface area contributed by atoms with Crippen molar-refractivity contribution in [2.45, 2.75) is 26.4 Å². The smallest absolute Gasteiger partial charge is 0.411 e. The third-order valence-electron chi connectivity index (χ3n) is 4.77. The topological polar surface area (TPSA) is 117 Å². The van der Waals surface area contributed by atoms with Crippen LogP contribution in [0, 0.1) is 6.92 Å². The first-order chi connectivity index (χ1) is 15.9. The Hall–Kier alpha value is -4.33. The minimum absolute atomic E-state index is 0.0448. The highest BCUT2D eigenvalue weighted by molar-refractivity contribution is 6.00. The zero-order valence-electron chi connectivity index (χ0n) is 18.1. The van der Waals surface area contributed by atoms with Gasteiger partial charge in [-0.25, -0.2) is 9.59 Å². The molecular formula is C25H25N3O5. The minimum atomic E-state index is -0.857. The van der Waals surface area contributed by atoms with Gasteiger partial charge in [0.25, 0.3) is 0 Å². The van der Waals surface area contributed by atoms with E-state index in [-0.39, 0.29) is 19.1 Å². The SMILES string of the molecule is Cc1ccccc1NC(=O)Nc1ccc(NC(=O)OCc2cccc(CCC(=O)O)c2)cc1. The highest BCUT2D eigenvalue weighted by Gasteiger charge is 2.07. The molecule has 0 radical (unpaired) electrons. The summed E-state index contributed by atoms with van der Waals surface area (Å²) < 4.78 is 5.24. The van der Waals surface area contributed by atoms with E-state index in [1.54, 1.807) is 36.4 Å². The molecule has 33 heavy (non-hydrogen) atoms. The van der Waals surface area contributed by atoms with E-state index in [1.165, 1.54) is 0 Å². The summed E-state index contributed by atoms with van der Waals surface area (Å²) in [6, 6.07) is 21.0. The first kappa shape index (κ1) is 23.3. The standard InChI is InChI=1S/C25H25N3O5/c1-17-5-2-3-8-22(17)28-24(31)26-20-10-12-21(13-11-20)27-25(32)33-16-19-7-4-6-18(15-19)9-14-23(29)30/h2-8,10-13,15H,9,14,16H2,1H3,(H,27,32)(H,29,30)(H2,26,28,31). The number of amides is 3. The minimum Gasteiger partial charge on any atom is -0.481 e. The van der Waals surface area contributed by atoms with E-state index < -0.39 is 12.1 Å². The molecule has 4 N–H and O–H groups in total. The largest absolute Gasteiger partial charge is 0.481 e. The van der Waals surface area contributed by atoms with Crippen molar-refractivity contribution in [2.75, 3.05) is 16.0 Å². The van der Waals surface area contributed by atoms with Crippen molar-refractivity contribution in [3.63, 3.8) is 0 Å². The van der Waals surface area contributed by atoms with Gasteiger partial charge in [-0.1, -0.05) is 42.5 Å². The number of ether oxygens (including phenoxy) is 1. The first-order valence-electron chi connectivity index (χ1n) is 10.4. The molecule has 0 heterocycles. The lowest BCUT2D eigenvalue weighted by Crippen LogP contribution is -2.20. The molecule has 170 valence electrons. The van der Waals surface area contributed by atoms with E-state index in [1.807, 2.05) is 43.3 Å². The third kappa shape index (κ3) is 7.70. The monoisotopic (exact) mass is 447 g/mol. The van der Waals surface area contributed by atoms with Crippen molar-refractivity contribution in [1.29, 1.82) is 0 Å². The number of urea groups is 1. The highest BCUT2D eigenvalue weighted by atomic mass is 16.5. The second-order valence-corrected chi connectivity index (χ2v) is 7.39. The number of benzene rings is 3. The number of aliphatic carboxylic acids is 1. The fourth-order valence-electron chi connectivity index (χ4n) is 3.06. The van der Waals surface area contributed by atoms with Gasteiger partial charge < -0.3 is 20.5 Å². The molecule has 3 amide bonds. The van der Waals surface area contributed by atoms with Crippen LogP contribution in [0.2, 0.25) is 0 Å². The summed E-state index contributed by atoms with van der Waals surface area (Å²) in [4.78, 5) is 35.0. The van der Waals surface area contributed by atoms with Gasteiger partial charge in [0.05, 0.1) is 0 Å². The molecule has 0 saturated heterocycles. The molecule has 3 aromatic carbocycles. The Morgan fingerprint density at radius 2 is 1.48 bits per heavy atom. The summed E-state index contributed by atoms with van der Waals surface area (Å²) in [5.74, 6) is -0.857. The van der Waals surface area contributed by atoms with Crippen LogP contribution in [-0.2, 0) is 22.6 Å². The molecule has 8 nitrogen and oxygen atoms in total. The molecule has 0 aromatic heterocycles. The number of rotatable bonds is 8. The Bertz CT molecular complexity index is 1130. The van der Waals surface area contributed by atoms with Crippen LogP contribution in [0.25, 0.3) is 0 Å². The van der Waals surface area contributed by atoms with Crippen molar-refractivity contribution in [1.82, 2.24) is 0 Å². The van der Waals surface area contributed by atoms with Gasteiger partial charge in [0.15, 0.2) is 0 Å². The predicted octanol–water partition coefficient (Wildman–Crippen LogP) is 5.40. The van der Waals surface area contributed by atoms with E-state index >= 15 is 0 Å². The van der Waals surface area contributed by atoms with Crippen LogP contribution >= 0.6 is 0 Å². The van der Waals surface area contributed by atoms with Gasteiger partial charge >= 0.3 is 18.1 Å². The molecule has 0 fully saturated rings. The molecule has 0 aliphatic carbocycles. The molecule has 8 heteroatoms. The molecule has 0 saturated carbocycles. The Morgan fingerprint density at radius 1 is 0.818 bits per heavy atom. The lowest BCUT2D eigenvalue weighted by Gasteiger charge is -2.11. The molecular weight excluding hydrogens is 422 g/mol. The van der Waals surface area contributed by atoms with Gasteiger partial charge in [0.2, 0.25) is 0 Å². The fraction of sp³-hybridized carbons (Fsp3) is 0.160. The Morgan fingerprint density at radius 3 is 2.18 bits per heavy atom. The van der Waals surface area contributed by atoms with E-state index in [0.29, 0.717) is 17.8 Å². The number of carbonyl (C=O) groups is 3. The summed E-state index contributed by atoms with van der Waals surface area (Å²) in [7, 11) is 0. The summed E-state index contributed by atoms with van der Waals surface area (Å²) in [5.41, 5.74) is 4.40. The van der Waals surface area contributed by atoms with Crippen LogP contribution in [0.3, 0.4) is 0 Å². The number of nitrogens with one attached hydrogen (secondary N) is 3. The van der Waals surface area contributed by atoms with Crippen LogP contribution in [0.15, 0.2) is 72.8 Å².